The number of carbonyl (C=O) groups excluding carboxylic acids is 3. The first-order chi connectivity index (χ1) is 21.8. The van der Waals surface area contributed by atoms with Gasteiger partial charge in [-0.15, -0.1) is 0 Å². The number of pyridine rings is 1. The number of likely N-dealkylation sites (tertiary alicyclic amines) is 1. The molecule has 5 rings (SSSR count). The van der Waals surface area contributed by atoms with Crippen LogP contribution in [-0.4, -0.2) is 108 Å². The molecule has 0 spiro atoms. The second-order valence-corrected chi connectivity index (χ2v) is 14.0. The van der Waals surface area contributed by atoms with E-state index in [4.69, 9.17) is 16.3 Å². The summed E-state index contributed by atoms with van der Waals surface area (Å²) in [5.74, 6) is -1.89. The van der Waals surface area contributed by atoms with E-state index in [1.165, 1.54) is 18.9 Å². The van der Waals surface area contributed by atoms with Gasteiger partial charge in [0.2, 0.25) is 11.8 Å². The predicted molar refractivity (Wildman–Crippen MR) is 171 cm³/mol. The van der Waals surface area contributed by atoms with Gasteiger partial charge in [0.15, 0.2) is 0 Å². The van der Waals surface area contributed by atoms with Crippen molar-refractivity contribution in [1.82, 2.24) is 14.8 Å². The Morgan fingerprint density at radius 3 is 2.49 bits per heavy atom. The van der Waals surface area contributed by atoms with E-state index in [1.54, 1.807) is 43.9 Å². The molecule has 1 aromatic heterocycles. The Morgan fingerprint density at radius 2 is 1.85 bits per heavy atom. The van der Waals surface area contributed by atoms with E-state index in [0.717, 1.165) is 17.0 Å². The fraction of sp³-hybridized carbons (Fsp3) is 0.562. The zero-order valence-corrected chi connectivity index (χ0v) is 28.0. The van der Waals surface area contributed by atoms with Gasteiger partial charge in [-0.3, -0.25) is 19.4 Å². The lowest BCUT2D eigenvalue weighted by Crippen LogP contribution is -2.62. The van der Waals surface area contributed by atoms with Crippen LogP contribution in [0.15, 0.2) is 30.3 Å². The summed E-state index contributed by atoms with van der Waals surface area (Å²) < 4.78 is 46.5. The maximum atomic E-state index is 14.0. The summed E-state index contributed by atoms with van der Waals surface area (Å²) >= 11 is 6.70. The molecule has 3 atom stereocenters. The highest BCUT2D eigenvalue weighted by Crippen LogP contribution is 2.43. The van der Waals surface area contributed by atoms with Crippen LogP contribution in [0.5, 0.6) is 0 Å². The number of halogens is 4. The summed E-state index contributed by atoms with van der Waals surface area (Å²) in [5, 5.41) is 11.7. The number of carbonyl (C=O) groups is 3. The van der Waals surface area contributed by atoms with Gasteiger partial charge in [0, 0.05) is 63.8 Å². The van der Waals surface area contributed by atoms with Crippen LogP contribution >= 0.6 is 11.6 Å². The first kappa shape index (κ1) is 34.7. The van der Waals surface area contributed by atoms with Crippen molar-refractivity contribution in [2.75, 3.05) is 61.5 Å². The minimum Gasteiger partial charge on any atom is -0.444 e. The largest absolute Gasteiger partial charge is 0.444 e. The Balaban J connectivity index is 1.38. The van der Waals surface area contributed by atoms with Crippen LogP contribution < -0.4 is 14.7 Å². The Labute approximate surface area is 276 Å². The molecule has 3 amide bonds. The highest BCUT2D eigenvalue weighted by Gasteiger charge is 2.49. The summed E-state index contributed by atoms with van der Waals surface area (Å²) in [5.41, 5.74) is -0.571. The van der Waals surface area contributed by atoms with Gasteiger partial charge in [-0.1, -0.05) is 17.7 Å². The number of amides is 3. The lowest BCUT2D eigenvalue weighted by atomic mass is 9.95. The van der Waals surface area contributed by atoms with Gasteiger partial charge >= 0.3 is 12.3 Å². The van der Waals surface area contributed by atoms with E-state index in [1.807, 2.05) is 16.8 Å². The first-order valence-electron chi connectivity index (χ1n) is 15.4. The van der Waals surface area contributed by atoms with Crippen LogP contribution in [0, 0.1) is 12.8 Å². The number of anilines is 3. The SMILES string of the molecule is Cc1cc(C(F)(F)F)cc(N2C(=O)C[C@@H]3CN(CC(O)CN(C)C4CN(C(=O)OC(C)(C)C)C4)c4c(Cl)cccc4N(C)C(=O)[C@H]32)n1. The van der Waals surface area contributed by atoms with Crippen LogP contribution in [0.2, 0.25) is 5.02 Å². The molecule has 0 aliphatic carbocycles. The summed E-state index contributed by atoms with van der Waals surface area (Å²) in [6, 6.07) is 5.61. The topological polar surface area (TPSA) is 110 Å². The van der Waals surface area contributed by atoms with E-state index in [9.17, 15) is 32.7 Å². The standard InChI is InChI=1S/C32H40ClF3N6O5/c1-18-10-20(32(34,35)36)12-25(37-18)42-26(44)11-19-13-40(28-23(33)8-7-9-24(28)39(6)29(45)27(19)42)17-22(43)16-38(5)21-14-41(15-21)30(46)47-31(2,3)4/h7-10,12,19,21-22,27,43H,11,13-17H2,1-6H3/t19-,22?,27+/m1/s1. The average molecular weight is 681 g/mol. The molecule has 11 nitrogen and oxygen atoms in total. The van der Waals surface area contributed by atoms with E-state index >= 15 is 0 Å². The average Bonchev–Trinajstić information content (AvgIpc) is 3.23. The molecule has 47 heavy (non-hydrogen) atoms. The third-order valence-corrected chi connectivity index (χ3v) is 9.00. The number of aliphatic hydroxyl groups is 1. The van der Waals surface area contributed by atoms with E-state index in [0.29, 0.717) is 29.5 Å². The number of nitrogens with zero attached hydrogens (tertiary/aromatic N) is 6. The Morgan fingerprint density at radius 1 is 1.17 bits per heavy atom. The zero-order valence-electron chi connectivity index (χ0n) is 27.2. The number of β-amino-alcohol motifs (C(OH)–C–C–N with tert-alkyl or cyclic N) is 1. The second kappa shape index (κ2) is 12.8. The molecule has 0 bridgehead atoms. The molecule has 4 heterocycles. The lowest BCUT2D eigenvalue weighted by molar-refractivity contribution is -0.137. The number of rotatable bonds is 6. The van der Waals surface area contributed by atoms with Crippen molar-refractivity contribution in [2.24, 2.45) is 5.92 Å². The number of alkyl halides is 3. The molecule has 1 N–H and O–H groups in total. The number of aromatic nitrogens is 1. The van der Waals surface area contributed by atoms with Crippen molar-refractivity contribution in [1.29, 1.82) is 0 Å². The van der Waals surface area contributed by atoms with Crippen molar-refractivity contribution >= 4 is 46.7 Å². The summed E-state index contributed by atoms with van der Waals surface area (Å²) in [7, 11) is 3.38. The molecule has 3 aliphatic rings. The number of hydrogen-bond donors (Lipinski definition) is 1. The third-order valence-electron chi connectivity index (χ3n) is 8.69. The number of aryl methyl sites for hydroxylation is 1. The molecule has 0 radical (unpaired) electrons. The molecule has 15 heteroatoms. The van der Waals surface area contributed by atoms with Gasteiger partial charge in [0.1, 0.15) is 17.5 Å². The molecule has 2 saturated heterocycles. The minimum atomic E-state index is -4.67. The van der Waals surface area contributed by atoms with E-state index < -0.39 is 53.3 Å². The van der Waals surface area contributed by atoms with E-state index in [-0.39, 0.29) is 43.6 Å². The molecule has 3 aliphatic heterocycles. The van der Waals surface area contributed by atoms with Crippen molar-refractivity contribution in [3.63, 3.8) is 0 Å². The molecule has 256 valence electrons. The third kappa shape index (κ3) is 7.29. The monoisotopic (exact) mass is 680 g/mol. The van der Waals surface area contributed by atoms with Crippen molar-refractivity contribution in [3.05, 3.63) is 46.6 Å². The summed E-state index contributed by atoms with van der Waals surface area (Å²) in [6.45, 7) is 8.18. The number of benzene rings is 1. The van der Waals surface area contributed by atoms with E-state index in [2.05, 4.69) is 4.98 Å². The van der Waals surface area contributed by atoms with Crippen LogP contribution in [0.4, 0.5) is 35.2 Å². The highest BCUT2D eigenvalue weighted by atomic mass is 35.5. The molecular weight excluding hydrogens is 641 g/mol. The van der Waals surface area contributed by atoms with Gasteiger partial charge in [-0.05, 0) is 59.0 Å². The minimum absolute atomic E-state index is 0.0120. The molecular formula is C32H40ClF3N6O5. The zero-order chi connectivity index (χ0) is 34.6. The summed E-state index contributed by atoms with van der Waals surface area (Å²) in [6.07, 6.45) is -6.08. The Hall–Kier alpha value is -3.62. The molecule has 0 saturated carbocycles. The fourth-order valence-corrected chi connectivity index (χ4v) is 6.72. The molecule has 2 fully saturated rings. The quantitative estimate of drug-likeness (QED) is 0.484. The van der Waals surface area contributed by atoms with Gasteiger partial charge in [0.05, 0.1) is 28.1 Å². The van der Waals surface area contributed by atoms with Crippen molar-refractivity contribution in [2.45, 2.75) is 64.1 Å². The summed E-state index contributed by atoms with van der Waals surface area (Å²) in [4.78, 5) is 51.9. The van der Waals surface area contributed by atoms with Crippen molar-refractivity contribution in [3.8, 4) is 0 Å². The fourth-order valence-electron chi connectivity index (χ4n) is 6.43. The molecule has 1 unspecified atom stereocenters. The predicted octanol–water partition coefficient (Wildman–Crippen LogP) is 4.18. The van der Waals surface area contributed by atoms with Crippen LogP contribution in [0.3, 0.4) is 0 Å². The van der Waals surface area contributed by atoms with Crippen LogP contribution in [0.25, 0.3) is 0 Å². The van der Waals surface area contributed by atoms with Gasteiger partial charge in [0.25, 0.3) is 0 Å². The molecule has 1 aromatic carbocycles. The Bertz CT molecular complexity index is 1550. The van der Waals surface area contributed by atoms with Gasteiger partial charge in [-0.25, -0.2) is 9.78 Å². The second-order valence-electron chi connectivity index (χ2n) is 13.6. The smallest absolute Gasteiger partial charge is 0.416 e. The number of likely N-dealkylation sites (N-methyl/N-ethyl adjacent to an activating group) is 2. The number of aliphatic hydroxyl groups excluding tert-OH is 1. The maximum absolute atomic E-state index is 14.0. The van der Waals surface area contributed by atoms with Gasteiger partial charge in [-0.2, -0.15) is 13.2 Å². The van der Waals surface area contributed by atoms with Gasteiger partial charge < -0.3 is 24.5 Å². The Kier molecular flexibility index (Phi) is 9.43. The highest BCUT2D eigenvalue weighted by molar-refractivity contribution is 6.34. The first-order valence-corrected chi connectivity index (χ1v) is 15.8. The van der Waals surface area contributed by atoms with Crippen LogP contribution in [0.1, 0.15) is 38.4 Å². The normalized spacial score (nSPS) is 21.4. The van der Waals surface area contributed by atoms with Crippen LogP contribution in [-0.2, 0) is 20.5 Å². The molecule has 2 aromatic rings. The number of fused-ring (bicyclic) bond motifs is 2. The number of ether oxygens (including phenoxy) is 1. The van der Waals surface area contributed by atoms with Crippen molar-refractivity contribution < 1.29 is 37.4 Å². The number of hydrogen-bond acceptors (Lipinski definition) is 8. The lowest BCUT2D eigenvalue weighted by Gasteiger charge is -2.45. The maximum Gasteiger partial charge on any atom is 0.416 e. The number of para-hydroxylation sites is 1.